The normalized spacial score (nSPS) is 19.9. The summed E-state index contributed by atoms with van der Waals surface area (Å²) in [6, 6.07) is 0. The molecule has 1 atom stereocenters. The quantitative estimate of drug-likeness (QED) is 0.501. The van der Waals surface area contributed by atoms with Gasteiger partial charge >= 0.3 is 0 Å². The molecule has 0 amide bonds. The van der Waals surface area contributed by atoms with Crippen LogP contribution in [-0.2, 0) is 0 Å². The van der Waals surface area contributed by atoms with Gasteiger partial charge in [0.15, 0.2) is 0 Å². The molecule has 1 N–H and O–H groups in total. The zero-order chi connectivity index (χ0) is 11.6. The average molecular weight is 227 g/mol. The molecular weight excluding hydrogens is 198 g/mol. The molecule has 0 radical (unpaired) electrons. The van der Waals surface area contributed by atoms with E-state index in [-0.39, 0.29) is 0 Å². The molecule has 0 aliphatic heterocycles. The summed E-state index contributed by atoms with van der Waals surface area (Å²) in [5.41, 5.74) is 0. The fourth-order valence-corrected chi connectivity index (χ4v) is 2.74. The highest BCUT2D eigenvalue weighted by Crippen LogP contribution is 2.22. The second kappa shape index (κ2) is 9.00. The Morgan fingerprint density at radius 2 is 1.69 bits per heavy atom. The van der Waals surface area contributed by atoms with Gasteiger partial charge < -0.3 is 10.3 Å². The molecule has 2 heteroatoms. The average Bonchev–Trinajstić information content (AvgIpc) is 2.30. The minimum absolute atomic E-state index is 0.531. The lowest BCUT2D eigenvalue weighted by molar-refractivity contribution is -0.852. The van der Waals surface area contributed by atoms with E-state index in [9.17, 15) is 5.21 Å². The Kier molecular flexibility index (Phi) is 7.87. The smallest absolute Gasteiger partial charge is 0.0796 e. The molecule has 1 saturated carbocycles. The van der Waals surface area contributed by atoms with E-state index in [0.717, 1.165) is 25.4 Å². The molecule has 0 aromatic rings. The van der Waals surface area contributed by atoms with Crippen LogP contribution in [0.25, 0.3) is 0 Å². The van der Waals surface area contributed by atoms with E-state index >= 15 is 0 Å². The van der Waals surface area contributed by atoms with Gasteiger partial charge in [0.25, 0.3) is 0 Å². The standard InChI is InChI=1S/C14H29NO/c1-2-3-4-5-9-12-15(16)13-14-10-7-6-8-11-14/h14-15H,2-13H2,1H3. The van der Waals surface area contributed by atoms with Gasteiger partial charge in [-0.1, -0.05) is 45.4 Å². The van der Waals surface area contributed by atoms with Crippen LogP contribution in [0.1, 0.15) is 71.1 Å². The van der Waals surface area contributed by atoms with Gasteiger partial charge in [-0.15, -0.1) is 0 Å². The Balaban J connectivity index is 1.95. The van der Waals surface area contributed by atoms with Crippen LogP contribution in [0, 0.1) is 11.1 Å². The predicted octanol–water partition coefficient (Wildman–Crippen LogP) is 2.92. The summed E-state index contributed by atoms with van der Waals surface area (Å²) in [6.07, 6.45) is 13.0. The van der Waals surface area contributed by atoms with Crippen LogP contribution in [0.5, 0.6) is 0 Å². The van der Waals surface area contributed by atoms with Crippen LogP contribution in [0.2, 0.25) is 0 Å². The van der Waals surface area contributed by atoms with Gasteiger partial charge in [0, 0.05) is 5.92 Å². The largest absolute Gasteiger partial charge is 0.634 e. The van der Waals surface area contributed by atoms with Gasteiger partial charge in [0.05, 0.1) is 13.1 Å². The summed E-state index contributed by atoms with van der Waals surface area (Å²) >= 11 is 0. The molecular formula is C14H29NO. The number of nitrogens with one attached hydrogen (secondary N) is 1. The number of rotatable bonds is 8. The lowest BCUT2D eigenvalue weighted by Gasteiger charge is -2.29. The van der Waals surface area contributed by atoms with Crippen molar-refractivity contribution in [3.05, 3.63) is 5.21 Å². The summed E-state index contributed by atoms with van der Waals surface area (Å²) in [7, 11) is 0. The Morgan fingerprint density at radius 1 is 1.00 bits per heavy atom. The monoisotopic (exact) mass is 227 g/mol. The summed E-state index contributed by atoms with van der Waals surface area (Å²) in [4.78, 5) is 0. The van der Waals surface area contributed by atoms with Crippen LogP contribution >= 0.6 is 0 Å². The van der Waals surface area contributed by atoms with Crippen molar-refractivity contribution in [2.24, 2.45) is 5.92 Å². The highest BCUT2D eigenvalue weighted by atomic mass is 16.5. The molecule has 0 saturated heterocycles. The van der Waals surface area contributed by atoms with Crippen LogP contribution < -0.4 is 5.06 Å². The fraction of sp³-hybridized carbons (Fsp3) is 1.00. The van der Waals surface area contributed by atoms with Crippen molar-refractivity contribution in [1.82, 2.24) is 0 Å². The molecule has 1 aliphatic rings. The van der Waals surface area contributed by atoms with E-state index in [4.69, 9.17) is 0 Å². The summed E-state index contributed by atoms with van der Waals surface area (Å²) in [5.74, 6) is 0.733. The minimum Gasteiger partial charge on any atom is -0.634 e. The third-order valence-corrected chi connectivity index (χ3v) is 3.80. The molecule has 1 fully saturated rings. The minimum atomic E-state index is 0.531. The molecule has 0 bridgehead atoms. The number of hydroxylamine groups is 2. The molecule has 0 spiro atoms. The molecule has 0 heterocycles. The second-order valence-corrected chi connectivity index (χ2v) is 5.41. The number of quaternary nitrogens is 1. The van der Waals surface area contributed by atoms with E-state index in [1.165, 1.54) is 57.8 Å². The Hall–Kier alpha value is -0.0800. The van der Waals surface area contributed by atoms with Crippen LogP contribution in [0.4, 0.5) is 0 Å². The number of unbranched alkanes of at least 4 members (excludes halogenated alkanes) is 4. The summed E-state index contributed by atoms with van der Waals surface area (Å²) in [6.45, 7) is 3.96. The van der Waals surface area contributed by atoms with Crippen LogP contribution in [-0.4, -0.2) is 13.1 Å². The molecule has 1 unspecified atom stereocenters. The Bertz CT molecular complexity index is 155. The third-order valence-electron chi connectivity index (χ3n) is 3.80. The molecule has 0 aromatic carbocycles. The first kappa shape index (κ1) is 14.0. The van der Waals surface area contributed by atoms with E-state index in [1.807, 2.05) is 0 Å². The Labute approximate surface area is 101 Å². The van der Waals surface area contributed by atoms with Crippen molar-refractivity contribution >= 4 is 0 Å². The summed E-state index contributed by atoms with van der Waals surface area (Å²) in [5, 5.41) is 12.3. The first-order chi connectivity index (χ1) is 7.83. The van der Waals surface area contributed by atoms with Crippen molar-refractivity contribution in [3.63, 3.8) is 0 Å². The van der Waals surface area contributed by atoms with Crippen molar-refractivity contribution in [3.8, 4) is 0 Å². The maximum absolute atomic E-state index is 11.7. The van der Waals surface area contributed by atoms with Gasteiger partial charge in [-0.25, -0.2) is 0 Å². The molecule has 2 nitrogen and oxygen atoms in total. The zero-order valence-electron chi connectivity index (χ0n) is 11.0. The maximum atomic E-state index is 11.7. The predicted molar refractivity (Wildman–Crippen MR) is 69.4 cm³/mol. The van der Waals surface area contributed by atoms with Crippen molar-refractivity contribution in [2.45, 2.75) is 71.1 Å². The molecule has 0 aromatic heterocycles. The van der Waals surface area contributed by atoms with Crippen LogP contribution in [0.3, 0.4) is 0 Å². The van der Waals surface area contributed by atoms with Crippen LogP contribution in [0.15, 0.2) is 0 Å². The first-order valence-corrected chi connectivity index (χ1v) is 7.34. The lowest BCUT2D eigenvalue weighted by Crippen LogP contribution is -3.08. The second-order valence-electron chi connectivity index (χ2n) is 5.41. The van der Waals surface area contributed by atoms with E-state index < -0.39 is 0 Å². The van der Waals surface area contributed by atoms with Crippen molar-refractivity contribution in [2.75, 3.05) is 13.1 Å². The molecule has 1 aliphatic carbocycles. The third kappa shape index (κ3) is 6.49. The van der Waals surface area contributed by atoms with Gasteiger partial charge in [0.1, 0.15) is 0 Å². The van der Waals surface area contributed by atoms with E-state index in [0.29, 0.717) is 5.06 Å². The van der Waals surface area contributed by atoms with Gasteiger partial charge in [-0.3, -0.25) is 0 Å². The first-order valence-electron chi connectivity index (χ1n) is 7.34. The fourth-order valence-electron chi connectivity index (χ4n) is 2.74. The Morgan fingerprint density at radius 3 is 2.38 bits per heavy atom. The highest BCUT2D eigenvalue weighted by Gasteiger charge is 2.15. The van der Waals surface area contributed by atoms with Gasteiger partial charge in [-0.05, 0) is 25.7 Å². The SMILES string of the molecule is CCCCCCC[NH+]([O-])CC1CCCCC1. The number of hydrogen-bond donors (Lipinski definition) is 1. The summed E-state index contributed by atoms with van der Waals surface area (Å²) < 4.78 is 0. The highest BCUT2D eigenvalue weighted by molar-refractivity contribution is 4.64. The van der Waals surface area contributed by atoms with Crippen molar-refractivity contribution in [1.29, 1.82) is 0 Å². The van der Waals surface area contributed by atoms with Gasteiger partial charge in [0.2, 0.25) is 0 Å². The van der Waals surface area contributed by atoms with Gasteiger partial charge in [-0.2, -0.15) is 0 Å². The van der Waals surface area contributed by atoms with E-state index in [1.54, 1.807) is 0 Å². The van der Waals surface area contributed by atoms with E-state index in [2.05, 4.69) is 6.92 Å². The number of hydrogen-bond acceptors (Lipinski definition) is 1. The lowest BCUT2D eigenvalue weighted by atomic mass is 9.89. The van der Waals surface area contributed by atoms with Crippen molar-refractivity contribution < 1.29 is 5.06 Å². The molecule has 1 rings (SSSR count). The maximum Gasteiger partial charge on any atom is 0.0796 e. The molecule has 16 heavy (non-hydrogen) atoms. The molecule has 96 valence electrons. The topological polar surface area (TPSA) is 27.5 Å². The zero-order valence-corrected chi connectivity index (χ0v) is 11.0.